The molecule has 0 bridgehead atoms. The van der Waals surface area contributed by atoms with Gasteiger partial charge in [0.2, 0.25) is 5.16 Å². The molecule has 0 amide bonds. The maximum Gasteiger partial charge on any atom is 0.387 e. The van der Waals surface area contributed by atoms with Crippen molar-refractivity contribution in [2.75, 3.05) is 5.84 Å². The van der Waals surface area contributed by atoms with Crippen molar-refractivity contribution in [2.45, 2.75) is 17.5 Å². The van der Waals surface area contributed by atoms with Crippen molar-refractivity contribution in [3.8, 4) is 17.1 Å². The quantitative estimate of drug-likeness (QED) is 0.349. The summed E-state index contributed by atoms with van der Waals surface area (Å²) in [5.41, 5.74) is 2.33. The molecule has 0 saturated carbocycles. The van der Waals surface area contributed by atoms with Gasteiger partial charge in [-0.15, -0.1) is 10.2 Å². The maximum absolute atomic E-state index is 12.3. The highest BCUT2D eigenvalue weighted by Gasteiger charge is 2.15. The Bertz CT molecular complexity index is 1150. The number of pyridine rings is 1. The summed E-state index contributed by atoms with van der Waals surface area (Å²) in [6.07, 6.45) is 1.72. The predicted molar refractivity (Wildman–Crippen MR) is 109 cm³/mol. The molecule has 0 fully saturated rings. The van der Waals surface area contributed by atoms with E-state index in [0.717, 1.165) is 16.5 Å². The van der Waals surface area contributed by atoms with Gasteiger partial charge in [-0.2, -0.15) is 8.78 Å². The average Bonchev–Trinajstić information content (AvgIpc) is 3.08. The number of hydrogen-bond acceptors (Lipinski definition) is 6. The van der Waals surface area contributed by atoms with Crippen LogP contribution in [0, 0.1) is 0 Å². The fraction of sp³-hybridized carbons (Fsp3) is 0.105. The third kappa shape index (κ3) is 4.10. The normalized spacial score (nSPS) is 11.3. The molecule has 0 aliphatic heterocycles. The number of aromatic nitrogens is 4. The predicted octanol–water partition coefficient (Wildman–Crippen LogP) is 4.75. The second kappa shape index (κ2) is 8.22. The Labute approximate surface area is 173 Å². The average molecular weight is 434 g/mol. The van der Waals surface area contributed by atoms with E-state index in [1.807, 2.05) is 24.3 Å². The van der Waals surface area contributed by atoms with Crippen LogP contribution in [-0.4, -0.2) is 26.5 Å². The van der Waals surface area contributed by atoms with Gasteiger partial charge in [0.1, 0.15) is 5.75 Å². The van der Waals surface area contributed by atoms with E-state index in [9.17, 15) is 8.78 Å². The number of halogens is 3. The van der Waals surface area contributed by atoms with Crippen LogP contribution >= 0.6 is 23.4 Å². The molecule has 0 aliphatic rings. The highest BCUT2D eigenvalue weighted by atomic mass is 35.5. The first-order chi connectivity index (χ1) is 14.0. The summed E-state index contributed by atoms with van der Waals surface area (Å²) in [4.78, 5) is 4.42. The fourth-order valence-electron chi connectivity index (χ4n) is 2.81. The van der Waals surface area contributed by atoms with Crippen molar-refractivity contribution < 1.29 is 13.5 Å². The number of thioether (sulfide) groups is 1. The first-order valence-corrected chi connectivity index (χ1v) is 9.80. The zero-order chi connectivity index (χ0) is 20.4. The van der Waals surface area contributed by atoms with Crippen LogP contribution in [0.4, 0.5) is 8.78 Å². The van der Waals surface area contributed by atoms with Gasteiger partial charge < -0.3 is 10.6 Å². The lowest BCUT2D eigenvalue weighted by molar-refractivity contribution is -0.0498. The van der Waals surface area contributed by atoms with Crippen LogP contribution in [0.25, 0.3) is 22.3 Å². The van der Waals surface area contributed by atoms with Gasteiger partial charge in [-0.05, 0) is 36.4 Å². The van der Waals surface area contributed by atoms with Gasteiger partial charge in [-0.25, -0.2) is 4.68 Å². The van der Waals surface area contributed by atoms with E-state index in [-0.39, 0.29) is 5.75 Å². The molecule has 2 heterocycles. The molecular formula is C19H14ClF2N5OS. The Morgan fingerprint density at radius 2 is 1.90 bits per heavy atom. The third-order valence-corrected chi connectivity index (χ3v) is 5.49. The van der Waals surface area contributed by atoms with Crippen LogP contribution in [0.2, 0.25) is 5.02 Å². The van der Waals surface area contributed by atoms with Crippen molar-refractivity contribution in [2.24, 2.45) is 0 Å². The summed E-state index contributed by atoms with van der Waals surface area (Å²) in [5, 5.41) is 10.3. The molecule has 4 aromatic rings. The molecule has 0 aliphatic carbocycles. The zero-order valence-electron chi connectivity index (χ0n) is 14.8. The third-order valence-electron chi connectivity index (χ3n) is 4.17. The van der Waals surface area contributed by atoms with Gasteiger partial charge >= 0.3 is 6.61 Å². The van der Waals surface area contributed by atoms with Crippen LogP contribution in [0.1, 0.15) is 5.56 Å². The van der Waals surface area contributed by atoms with E-state index in [2.05, 4.69) is 19.9 Å². The van der Waals surface area contributed by atoms with E-state index in [1.165, 1.54) is 28.6 Å². The number of nitrogens with two attached hydrogens (primary N) is 1. The summed E-state index contributed by atoms with van der Waals surface area (Å²) in [5.74, 6) is 7.10. The Balaban J connectivity index is 1.55. The molecule has 10 heteroatoms. The summed E-state index contributed by atoms with van der Waals surface area (Å²) in [6, 6.07) is 13.6. The Morgan fingerprint density at radius 3 is 2.66 bits per heavy atom. The van der Waals surface area contributed by atoms with Crippen LogP contribution in [0.5, 0.6) is 5.75 Å². The molecule has 148 valence electrons. The monoisotopic (exact) mass is 433 g/mol. The number of fused-ring (bicyclic) bond motifs is 1. The van der Waals surface area contributed by atoms with Gasteiger partial charge in [0.15, 0.2) is 5.82 Å². The van der Waals surface area contributed by atoms with Crippen molar-refractivity contribution in [1.82, 2.24) is 19.9 Å². The molecule has 0 unspecified atom stereocenters. The largest absolute Gasteiger partial charge is 0.435 e. The van der Waals surface area contributed by atoms with Gasteiger partial charge in [-0.1, -0.05) is 35.5 Å². The summed E-state index contributed by atoms with van der Waals surface area (Å²) in [6.45, 7) is -2.88. The molecule has 6 nitrogen and oxygen atoms in total. The number of ether oxygens (including phenoxy) is 1. The molecule has 2 N–H and O–H groups in total. The lowest BCUT2D eigenvalue weighted by Gasteiger charge is -2.08. The van der Waals surface area contributed by atoms with Crippen LogP contribution in [0.15, 0.2) is 59.9 Å². The van der Waals surface area contributed by atoms with E-state index >= 15 is 0 Å². The van der Waals surface area contributed by atoms with Crippen molar-refractivity contribution in [3.63, 3.8) is 0 Å². The van der Waals surface area contributed by atoms with E-state index in [1.54, 1.807) is 18.3 Å². The first-order valence-electron chi connectivity index (χ1n) is 8.43. The smallest absolute Gasteiger partial charge is 0.387 e. The van der Waals surface area contributed by atoms with Gasteiger partial charge in [0, 0.05) is 33.5 Å². The number of alkyl halides is 2. The van der Waals surface area contributed by atoms with Gasteiger partial charge in [-0.3, -0.25) is 4.98 Å². The maximum atomic E-state index is 12.3. The number of benzene rings is 2. The first kappa shape index (κ1) is 19.4. The van der Waals surface area contributed by atoms with E-state index in [4.69, 9.17) is 17.4 Å². The van der Waals surface area contributed by atoms with Gasteiger partial charge in [0.25, 0.3) is 0 Å². The molecule has 4 rings (SSSR count). The zero-order valence-corrected chi connectivity index (χ0v) is 16.4. The van der Waals surface area contributed by atoms with Crippen molar-refractivity contribution in [1.29, 1.82) is 0 Å². The van der Waals surface area contributed by atoms with Gasteiger partial charge in [0.05, 0.1) is 5.52 Å². The van der Waals surface area contributed by atoms with Crippen LogP contribution in [0.3, 0.4) is 0 Å². The molecular weight excluding hydrogens is 420 g/mol. The number of nitrogens with zero attached hydrogens (tertiary/aromatic N) is 4. The SMILES string of the molecule is Nn1c(SCc2c(Cl)ccc3cccnc23)nnc1-c1ccc(OC(F)F)cc1. The number of rotatable bonds is 6. The van der Waals surface area contributed by atoms with Crippen LogP contribution < -0.4 is 10.6 Å². The highest BCUT2D eigenvalue weighted by molar-refractivity contribution is 7.98. The van der Waals surface area contributed by atoms with E-state index in [0.29, 0.717) is 27.3 Å². The Hall–Kier alpha value is -2.91. The number of hydrogen-bond donors (Lipinski definition) is 1. The highest BCUT2D eigenvalue weighted by Crippen LogP contribution is 2.31. The summed E-state index contributed by atoms with van der Waals surface area (Å²) < 4.78 is 30.2. The Morgan fingerprint density at radius 1 is 1.10 bits per heavy atom. The number of nitrogen functional groups attached to an aromatic ring is 1. The molecule has 0 saturated heterocycles. The molecule has 2 aromatic heterocycles. The minimum atomic E-state index is -2.88. The van der Waals surface area contributed by atoms with E-state index < -0.39 is 6.61 Å². The summed E-state index contributed by atoms with van der Waals surface area (Å²) >= 11 is 7.74. The minimum absolute atomic E-state index is 0.0551. The topological polar surface area (TPSA) is 78.9 Å². The van der Waals surface area contributed by atoms with Crippen LogP contribution in [-0.2, 0) is 5.75 Å². The lowest BCUT2D eigenvalue weighted by Crippen LogP contribution is -2.11. The molecule has 0 atom stereocenters. The molecule has 0 radical (unpaired) electrons. The van der Waals surface area contributed by atoms with Crippen molar-refractivity contribution >= 4 is 34.3 Å². The second-order valence-electron chi connectivity index (χ2n) is 5.97. The molecule has 0 spiro atoms. The fourth-order valence-corrected chi connectivity index (χ4v) is 4.00. The second-order valence-corrected chi connectivity index (χ2v) is 7.32. The minimum Gasteiger partial charge on any atom is -0.435 e. The standard InChI is InChI=1S/C19H14ClF2N5OS/c20-15-8-5-11-2-1-9-24-16(11)14(15)10-29-19-26-25-17(27(19)23)12-3-6-13(7-4-12)28-18(21)22/h1-9,18H,10,23H2. The summed E-state index contributed by atoms with van der Waals surface area (Å²) in [7, 11) is 0. The molecule has 29 heavy (non-hydrogen) atoms. The molecule has 2 aromatic carbocycles. The van der Waals surface area contributed by atoms with Crippen molar-refractivity contribution in [3.05, 3.63) is 65.3 Å². The lowest BCUT2D eigenvalue weighted by atomic mass is 10.1. The Kier molecular flexibility index (Phi) is 5.50.